The maximum atomic E-state index is 12.5. The second-order valence-corrected chi connectivity index (χ2v) is 5.90. The van der Waals surface area contributed by atoms with Crippen LogP contribution in [0.2, 0.25) is 0 Å². The fourth-order valence-corrected chi connectivity index (χ4v) is 2.07. The maximum absolute atomic E-state index is 12.5. The number of nitriles is 1. The molecule has 0 bridgehead atoms. The highest BCUT2D eigenvalue weighted by atomic mass is 16.2. The van der Waals surface area contributed by atoms with Gasteiger partial charge < -0.3 is 10.6 Å². The van der Waals surface area contributed by atoms with Crippen molar-refractivity contribution < 1.29 is 9.59 Å². The normalized spacial score (nSPS) is 10.5. The number of anilines is 1. The molecular formula is C19H19N3O2. The first-order valence-corrected chi connectivity index (χ1v) is 7.58. The lowest BCUT2D eigenvalue weighted by atomic mass is 9.90. The minimum atomic E-state index is -1.27. The van der Waals surface area contributed by atoms with Crippen LogP contribution in [0, 0.1) is 16.7 Å². The molecule has 122 valence electrons. The zero-order chi connectivity index (χ0) is 17.6. The molecule has 24 heavy (non-hydrogen) atoms. The van der Waals surface area contributed by atoms with Crippen molar-refractivity contribution in [3.63, 3.8) is 0 Å². The average molecular weight is 321 g/mol. The first-order chi connectivity index (χ1) is 11.4. The summed E-state index contributed by atoms with van der Waals surface area (Å²) in [6.45, 7) is 3.46. The Morgan fingerprint density at radius 3 is 2.29 bits per heavy atom. The van der Waals surface area contributed by atoms with Crippen molar-refractivity contribution in [3.8, 4) is 6.07 Å². The highest BCUT2D eigenvalue weighted by molar-refractivity contribution is 6.10. The number of para-hydroxylation sites is 1. The molecule has 0 aliphatic carbocycles. The lowest BCUT2D eigenvalue weighted by Gasteiger charge is -2.23. The van der Waals surface area contributed by atoms with Gasteiger partial charge in [-0.3, -0.25) is 9.59 Å². The summed E-state index contributed by atoms with van der Waals surface area (Å²) in [6.07, 6.45) is 0. The number of hydrogen-bond donors (Lipinski definition) is 2. The zero-order valence-electron chi connectivity index (χ0n) is 13.7. The molecule has 2 aromatic rings. The molecule has 0 fully saturated rings. The van der Waals surface area contributed by atoms with Gasteiger partial charge in [-0.05, 0) is 31.5 Å². The Hall–Kier alpha value is -3.13. The number of nitrogens with zero attached hydrogens (tertiary/aromatic N) is 1. The van der Waals surface area contributed by atoms with Crippen molar-refractivity contribution in [1.82, 2.24) is 5.32 Å². The summed E-state index contributed by atoms with van der Waals surface area (Å²) >= 11 is 0. The van der Waals surface area contributed by atoms with E-state index in [-0.39, 0.29) is 5.91 Å². The van der Waals surface area contributed by atoms with Crippen molar-refractivity contribution in [2.24, 2.45) is 5.41 Å². The van der Waals surface area contributed by atoms with Crippen molar-refractivity contribution in [3.05, 3.63) is 65.7 Å². The molecule has 2 amide bonds. The molecule has 0 heterocycles. The molecule has 5 heteroatoms. The molecule has 0 aliphatic rings. The standard InChI is InChI=1S/C19H19N3O2/c1-19(2,17(23)21-13-14-8-4-3-5-9-14)18(24)22-16-11-7-6-10-15(16)12-20/h3-11H,13H2,1-2H3,(H,21,23)(H,22,24). The van der Waals surface area contributed by atoms with Gasteiger partial charge in [0.1, 0.15) is 11.5 Å². The Morgan fingerprint density at radius 2 is 1.62 bits per heavy atom. The van der Waals surface area contributed by atoms with Crippen molar-refractivity contribution in [2.75, 3.05) is 5.32 Å². The van der Waals surface area contributed by atoms with Crippen LogP contribution in [-0.2, 0) is 16.1 Å². The van der Waals surface area contributed by atoms with E-state index in [2.05, 4.69) is 10.6 Å². The summed E-state index contributed by atoms with van der Waals surface area (Å²) in [5.74, 6) is -0.839. The summed E-state index contributed by atoms with van der Waals surface area (Å²) in [5, 5.41) is 14.5. The van der Waals surface area contributed by atoms with Gasteiger partial charge in [0.2, 0.25) is 11.8 Å². The van der Waals surface area contributed by atoms with Crippen molar-refractivity contribution in [2.45, 2.75) is 20.4 Å². The Morgan fingerprint density at radius 1 is 1.00 bits per heavy atom. The highest BCUT2D eigenvalue weighted by Gasteiger charge is 2.36. The van der Waals surface area contributed by atoms with E-state index in [1.807, 2.05) is 36.4 Å². The third-order valence-electron chi connectivity index (χ3n) is 3.73. The van der Waals surface area contributed by atoms with Gasteiger partial charge in [0.25, 0.3) is 0 Å². The fourth-order valence-electron chi connectivity index (χ4n) is 2.07. The first kappa shape index (κ1) is 17.2. The molecule has 0 spiro atoms. The minimum Gasteiger partial charge on any atom is -0.351 e. The number of amides is 2. The van der Waals surface area contributed by atoms with E-state index < -0.39 is 11.3 Å². The second kappa shape index (κ2) is 7.42. The molecule has 2 N–H and O–H groups in total. The van der Waals surface area contributed by atoms with Crippen molar-refractivity contribution >= 4 is 17.5 Å². The van der Waals surface area contributed by atoms with Crippen LogP contribution in [0.1, 0.15) is 25.0 Å². The molecule has 0 radical (unpaired) electrons. The van der Waals surface area contributed by atoms with Gasteiger partial charge in [0.05, 0.1) is 11.3 Å². The smallest absolute Gasteiger partial charge is 0.239 e. The van der Waals surface area contributed by atoms with E-state index >= 15 is 0 Å². The van der Waals surface area contributed by atoms with E-state index in [1.165, 1.54) is 0 Å². The topological polar surface area (TPSA) is 82.0 Å². The Bertz CT molecular complexity index is 777. The largest absolute Gasteiger partial charge is 0.351 e. The molecule has 5 nitrogen and oxygen atoms in total. The third kappa shape index (κ3) is 3.99. The zero-order valence-corrected chi connectivity index (χ0v) is 13.7. The van der Waals surface area contributed by atoms with Crippen LogP contribution >= 0.6 is 0 Å². The number of nitrogens with one attached hydrogen (secondary N) is 2. The predicted molar refractivity (Wildman–Crippen MR) is 91.9 cm³/mol. The van der Waals surface area contributed by atoms with Crippen LogP contribution < -0.4 is 10.6 Å². The van der Waals surface area contributed by atoms with Crippen LogP contribution in [-0.4, -0.2) is 11.8 Å². The van der Waals surface area contributed by atoms with E-state index in [0.717, 1.165) is 5.56 Å². The van der Waals surface area contributed by atoms with E-state index in [1.54, 1.807) is 38.1 Å². The number of carbonyl (C=O) groups is 2. The Kier molecular flexibility index (Phi) is 5.33. The third-order valence-corrected chi connectivity index (χ3v) is 3.73. The summed E-state index contributed by atoms with van der Waals surface area (Å²) in [4.78, 5) is 24.9. The van der Waals surface area contributed by atoms with Crippen LogP contribution in [0.15, 0.2) is 54.6 Å². The molecular weight excluding hydrogens is 302 g/mol. The Labute approximate surface area is 141 Å². The minimum absolute atomic E-state index is 0.352. The highest BCUT2D eigenvalue weighted by Crippen LogP contribution is 2.21. The van der Waals surface area contributed by atoms with E-state index in [9.17, 15) is 9.59 Å². The number of carbonyl (C=O) groups excluding carboxylic acids is 2. The lowest BCUT2D eigenvalue weighted by molar-refractivity contribution is -0.138. The van der Waals surface area contributed by atoms with Gasteiger partial charge in [-0.1, -0.05) is 42.5 Å². The second-order valence-electron chi connectivity index (χ2n) is 5.90. The molecule has 0 atom stereocenters. The first-order valence-electron chi connectivity index (χ1n) is 7.58. The average Bonchev–Trinajstić information content (AvgIpc) is 2.60. The summed E-state index contributed by atoms with van der Waals surface area (Å²) < 4.78 is 0. The van der Waals surface area contributed by atoms with Gasteiger partial charge >= 0.3 is 0 Å². The predicted octanol–water partition coefficient (Wildman–Crippen LogP) is 2.84. The van der Waals surface area contributed by atoms with Gasteiger partial charge in [-0.25, -0.2) is 0 Å². The molecule has 2 aromatic carbocycles. The number of hydrogen-bond acceptors (Lipinski definition) is 3. The summed E-state index contributed by atoms with van der Waals surface area (Å²) in [5.41, 5.74) is 0.439. The van der Waals surface area contributed by atoms with E-state index in [0.29, 0.717) is 17.8 Å². The van der Waals surface area contributed by atoms with Crippen LogP contribution in [0.4, 0.5) is 5.69 Å². The molecule has 0 saturated carbocycles. The molecule has 0 aliphatic heterocycles. The van der Waals surface area contributed by atoms with Crippen LogP contribution in [0.25, 0.3) is 0 Å². The van der Waals surface area contributed by atoms with Gasteiger partial charge in [0, 0.05) is 6.54 Å². The lowest BCUT2D eigenvalue weighted by Crippen LogP contribution is -2.45. The van der Waals surface area contributed by atoms with Crippen LogP contribution in [0.3, 0.4) is 0 Å². The molecule has 2 rings (SSSR count). The number of rotatable bonds is 5. The van der Waals surface area contributed by atoms with E-state index in [4.69, 9.17) is 5.26 Å². The van der Waals surface area contributed by atoms with Crippen molar-refractivity contribution in [1.29, 1.82) is 5.26 Å². The summed E-state index contributed by atoms with van der Waals surface area (Å²) in [7, 11) is 0. The van der Waals surface area contributed by atoms with Gasteiger partial charge in [0.15, 0.2) is 0 Å². The van der Waals surface area contributed by atoms with Gasteiger partial charge in [-0.2, -0.15) is 5.26 Å². The number of benzene rings is 2. The quantitative estimate of drug-likeness (QED) is 0.831. The summed E-state index contributed by atoms with van der Waals surface area (Å²) in [6, 6.07) is 18.2. The van der Waals surface area contributed by atoms with Crippen LogP contribution in [0.5, 0.6) is 0 Å². The molecule has 0 saturated heterocycles. The van der Waals surface area contributed by atoms with Gasteiger partial charge in [-0.15, -0.1) is 0 Å². The monoisotopic (exact) mass is 321 g/mol. The molecule has 0 aromatic heterocycles. The SMILES string of the molecule is CC(C)(C(=O)NCc1ccccc1)C(=O)Nc1ccccc1C#N. The molecule has 0 unspecified atom stereocenters. The fraction of sp³-hybridized carbons (Fsp3) is 0.211. The Balaban J connectivity index is 2.04. The maximum Gasteiger partial charge on any atom is 0.239 e.